The predicted molar refractivity (Wildman–Crippen MR) is 91.8 cm³/mol. The van der Waals surface area contributed by atoms with Crippen LogP contribution in [-0.4, -0.2) is 62.2 Å². The molecule has 1 heterocycles. The third-order valence-electron chi connectivity index (χ3n) is 5.27. The summed E-state index contributed by atoms with van der Waals surface area (Å²) in [5.74, 6) is 1.85. The highest BCUT2D eigenvalue weighted by Crippen LogP contribution is 2.29. The molecule has 0 amide bonds. The molecule has 2 fully saturated rings. The highest BCUT2D eigenvalue weighted by atomic mass is 15.2. The van der Waals surface area contributed by atoms with Crippen molar-refractivity contribution < 1.29 is 0 Å². The summed E-state index contributed by atoms with van der Waals surface area (Å²) in [5, 5.41) is 3.84. The normalized spacial score (nSPS) is 29.1. The van der Waals surface area contributed by atoms with Gasteiger partial charge in [0, 0.05) is 32.2 Å². The Balaban J connectivity index is 1.54. The maximum absolute atomic E-state index is 3.84. The molecule has 1 N–H and O–H groups in total. The van der Waals surface area contributed by atoms with Gasteiger partial charge in [-0.2, -0.15) is 0 Å². The molecular formula is C18H37N3. The molecule has 3 heteroatoms. The van der Waals surface area contributed by atoms with Crippen LogP contribution in [0.5, 0.6) is 0 Å². The van der Waals surface area contributed by atoms with E-state index in [1.54, 1.807) is 0 Å². The first-order valence-corrected chi connectivity index (χ1v) is 9.27. The Bertz CT molecular complexity index is 272. The zero-order chi connectivity index (χ0) is 15.1. The van der Waals surface area contributed by atoms with E-state index in [0.29, 0.717) is 0 Å². The van der Waals surface area contributed by atoms with Crippen LogP contribution in [0.2, 0.25) is 0 Å². The van der Waals surface area contributed by atoms with Crippen molar-refractivity contribution in [3.63, 3.8) is 0 Å². The molecule has 1 saturated heterocycles. The number of piperazine rings is 1. The van der Waals surface area contributed by atoms with Crippen molar-refractivity contribution in [3.05, 3.63) is 0 Å². The Morgan fingerprint density at radius 1 is 1.10 bits per heavy atom. The molecule has 0 spiro atoms. The van der Waals surface area contributed by atoms with Crippen molar-refractivity contribution in [3.8, 4) is 0 Å². The van der Waals surface area contributed by atoms with Gasteiger partial charge in [-0.25, -0.2) is 0 Å². The van der Waals surface area contributed by atoms with Gasteiger partial charge in [-0.05, 0) is 57.7 Å². The predicted octanol–water partition coefficient (Wildman–Crippen LogP) is 2.82. The molecule has 1 aliphatic carbocycles. The molecular weight excluding hydrogens is 258 g/mol. The zero-order valence-electron chi connectivity index (χ0n) is 14.6. The minimum Gasteiger partial charge on any atom is -0.314 e. The highest BCUT2D eigenvalue weighted by molar-refractivity contribution is 4.79. The summed E-state index contributed by atoms with van der Waals surface area (Å²) in [6, 6.07) is 0.801. The summed E-state index contributed by atoms with van der Waals surface area (Å²) in [5.41, 5.74) is 0. The lowest BCUT2D eigenvalue weighted by molar-refractivity contribution is 0.151. The molecule has 2 rings (SSSR count). The van der Waals surface area contributed by atoms with Crippen LogP contribution in [-0.2, 0) is 0 Å². The standard InChI is InChI=1S/C18H37N3/c1-16(2)14-17-6-4-7-18(15-17)19-8-5-9-21-12-10-20(3)11-13-21/h16-19H,4-15H2,1-3H3. The first-order chi connectivity index (χ1) is 10.1. The molecule has 2 aliphatic rings. The molecule has 1 aliphatic heterocycles. The van der Waals surface area contributed by atoms with Crippen LogP contribution in [0.4, 0.5) is 0 Å². The van der Waals surface area contributed by atoms with Gasteiger partial charge < -0.3 is 15.1 Å². The number of nitrogens with one attached hydrogen (secondary N) is 1. The lowest BCUT2D eigenvalue weighted by Gasteiger charge is -2.33. The number of likely N-dealkylation sites (N-methyl/N-ethyl adjacent to an activating group) is 1. The second kappa shape index (κ2) is 9.12. The highest BCUT2D eigenvalue weighted by Gasteiger charge is 2.22. The van der Waals surface area contributed by atoms with Crippen LogP contribution in [0.25, 0.3) is 0 Å². The van der Waals surface area contributed by atoms with E-state index in [1.807, 2.05) is 0 Å². The molecule has 3 nitrogen and oxygen atoms in total. The molecule has 2 unspecified atom stereocenters. The van der Waals surface area contributed by atoms with E-state index in [-0.39, 0.29) is 0 Å². The molecule has 0 aromatic carbocycles. The fraction of sp³-hybridized carbons (Fsp3) is 1.00. The molecule has 124 valence electrons. The summed E-state index contributed by atoms with van der Waals surface area (Å²) in [6.07, 6.45) is 8.48. The minimum atomic E-state index is 0.801. The Hall–Kier alpha value is -0.120. The summed E-state index contributed by atoms with van der Waals surface area (Å²) < 4.78 is 0. The summed E-state index contributed by atoms with van der Waals surface area (Å²) in [6.45, 7) is 12.2. The molecule has 0 aromatic rings. The maximum atomic E-state index is 3.84. The average Bonchev–Trinajstić information content (AvgIpc) is 2.45. The van der Waals surface area contributed by atoms with Gasteiger partial charge in [-0.1, -0.05) is 26.7 Å². The van der Waals surface area contributed by atoms with Gasteiger partial charge in [-0.15, -0.1) is 0 Å². The van der Waals surface area contributed by atoms with Crippen molar-refractivity contribution in [1.29, 1.82) is 0 Å². The van der Waals surface area contributed by atoms with Crippen LogP contribution in [0, 0.1) is 11.8 Å². The number of rotatable bonds is 7. The van der Waals surface area contributed by atoms with Gasteiger partial charge in [0.25, 0.3) is 0 Å². The maximum Gasteiger partial charge on any atom is 0.0110 e. The van der Waals surface area contributed by atoms with Crippen molar-refractivity contribution in [1.82, 2.24) is 15.1 Å². The van der Waals surface area contributed by atoms with Gasteiger partial charge in [0.05, 0.1) is 0 Å². The Labute approximate surface area is 132 Å². The molecule has 21 heavy (non-hydrogen) atoms. The smallest absolute Gasteiger partial charge is 0.0110 e. The second-order valence-electron chi connectivity index (χ2n) is 7.81. The molecule has 1 saturated carbocycles. The monoisotopic (exact) mass is 295 g/mol. The number of hydrogen-bond acceptors (Lipinski definition) is 3. The average molecular weight is 296 g/mol. The van der Waals surface area contributed by atoms with Crippen LogP contribution in [0.1, 0.15) is 52.4 Å². The van der Waals surface area contributed by atoms with Crippen LogP contribution < -0.4 is 5.32 Å². The van der Waals surface area contributed by atoms with Gasteiger partial charge in [0.15, 0.2) is 0 Å². The van der Waals surface area contributed by atoms with Crippen LogP contribution in [0.15, 0.2) is 0 Å². The van der Waals surface area contributed by atoms with E-state index in [0.717, 1.165) is 17.9 Å². The fourth-order valence-electron chi connectivity index (χ4n) is 4.04. The fourth-order valence-corrected chi connectivity index (χ4v) is 4.04. The van der Waals surface area contributed by atoms with Crippen molar-refractivity contribution >= 4 is 0 Å². The van der Waals surface area contributed by atoms with Gasteiger partial charge in [0.2, 0.25) is 0 Å². The number of nitrogens with zero attached hydrogens (tertiary/aromatic N) is 2. The van der Waals surface area contributed by atoms with E-state index in [1.165, 1.54) is 77.8 Å². The minimum absolute atomic E-state index is 0.801. The summed E-state index contributed by atoms with van der Waals surface area (Å²) >= 11 is 0. The van der Waals surface area contributed by atoms with E-state index >= 15 is 0 Å². The first kappa shape index (κ1) is 17.2. The Morgan fingerprint density at radius 2 is 1.86 bits per heavy atom. The van der Waals surface area contributed by atoms with Gasteiger partial charge in [0.1, 0.15) is 0 Å². The quantitative estimate of drug-likeness (QED) is 0.729. The van der Waals surface area contributed by atoms with E-state index in [4.69, 9.17) is 0 Å². The summed E-state index contributed by atoms with van der Waals surface area (Å²) in [7, 11) is 2.23. The molecule has 2 atom stereocenters. The van der Waals surface area contributed by atoms with E-state index in [2.05, 4.69) is 36.0 Å². The van der Waals surface area contributed by atoms with Gasteiger partial charge in [-0.3, -0.25) is 0 Å². The molecule has 0 radical (unpaired) electrons. The van der Waals surface area contributed by atoms with Crippen LogP contribution in [0.3, 0.4) is 0 Å². The summed E-state index contributed by atoms with van der Waals surface area (Å²) in [4.78, 5) is 5.07. The second-order valence-corrected chi connectivity index (χ2v) is 7.81. The van der Waals surface area contributed by atoms with E-state index < -0.39 is 0 Å². The largest absolute Gasteiger partial charge is 0.314 e. The van der Waals surface area contributed by atoms with Gasteiger partial charge >= 0.3 is 0 Å². The van der Waals surface area contributed by atoms with Crippen molar-refractivity contribution in [2.45, 2.75) is 58.4 Å². The lowest BCUT2D eigenvalue weighted by Crippen LogP contribution is -2.45. The molecule has 0 bridgehead atoms. The number of hydrogen-bond donors (Lipinski definition) is 1. The third kappa shape index (κ3) is 6.66. The van der Waals surface area contributed by atoms with Crippen molar-refractivity contribution in [2.24, 2.45) is 11.8 Å². The van der Waals surface area contributed by atoms with Crippen molar-refractivity contribution in [2.75, 3.05) is 46.3 Å². The SMILES string of the molecule is CC(C)CC1CCCC(NCCCN2CCN(C)CC2)C1. The lowest BCUT2D eigenvalue weighted by atomic mass is 9.81. The molecule has 0 aromatic heterocycles. The third-order valence-corrected chi connectivity index (χ3v) is 5.27. The Morgan fingerprint density at radius 3 is 2.57 bits per heavy atom. The topological polar surface area (TPSA) is 18.5 Å². The van der Waals surface area contributed by atoms with E-state index in [9.17, 15) is 0 Å². The first-order valence-electron chi connectivity index (χ1n) is 9.27. The Kier molecular flexibility index (Phi) is 7.48. The zero-order valence-corrected chi connectivity index (χ0v) is 14.6. The van der Waals surface area contributed by atoms with Crippen LogP contribution >= 0.6 is 0 Å².